The fraction of sp³-hybridized carbons (Fsp3) is 0.462. The van der Waals surface area contributed by atoms with Crippen LogP contribution in [-0.2, 0) is 0 Å². The van der Waals surface area contributed by atoms with Gasteiger partial charge in [-0.2, -0.15) is 0 Å². The lowest BCUT2D eigenvalue weighted by atomic mass is 10.1. The minimum absolute atomic E-state index is 0.00686. The summed E-state index contributed by atoms with van der Waals surface area (Å²) in [5.74, 6) is -1.93. The Morgan fingerprint density at radius 2 is 2.11 bits per heavy atom. The maximum atomic E-state index is 13.6. The van der Waals surface area contributed by atoms with Crippen molar-refractivity contribution in [2.75, 3.05) is 32.1 Å². The minimum Gasteiger partial charge on any atom is -0.396 e. The zero-order valence-corrected chi connectivity index (χ0v) is 10.6. The van der Waals surface area contributed by atoms with Crippen LogP contribution in [0.1, 0.15) is 16.8 Å². The molecule has 6 heteroatoms. The first-order valence-electron chi connectivity index (χ1n) is 6.13. The molecule has 2 rings (SSSR count). The average molecular weight is 270 g/mol. The van der Waals surface area contributed by atoms with Gasteiger partial charge in [0.25, 0.3) is 5.91 Å². The van der Waals surface area contributed by atoms with Crippen LogP contribution in [0.2, 0.25) is 0 Å². The quantitative estimate of drug-likeness (QED) is 0.874. The van der Waals surface area contributed by atoms with Crippen molar-refractivity contribution in [3.63, 3.8) is 0 Å². The van der Waals surface area contributed by atoms with Gasteiger partial charge in [0.15, 0.2) is 0 Å². The highest BCUT2D eigenvalue weighted by atomic mass is 19.1. The number of hydrogen-bond acceptors (Lipinski definition) is 3. The number of amides is 1. The zero-order valence-electron chi connectivity index (χ0n) is 10.6. The molecule has 1 amide bonds. The van der Waals surface area contributed by atoms with Gasteiger partial charge in [-0.1, -0.05) is 0 Å². The monoisotopic (exact) mass is 270 g/mol. The second-order valence-corrected chi connectivity index (χ2v) is 4.65. The van der Waals surface area contributed by atoms with Crippen molar-refractivity contribution in [1.82, 2.24) is 4.90 Å². The van der Waals surface area contributed by atoms with Crippen molar-refractivity contribution in [1.29, 1.82) is 0 Å². The summed E-state index contributed by atoms with van der Waals surface area (Å²) >= 11 is 0. The molecule has 0 saturated carbocycles. The summed E-state index contributed by atoms with van der Waals surface area (Å²) in [6.45, 7) is 0.943. The Morgan fingerprint density at radius 3 is 2.58 bits per heavy atom. The molecule has 1 atom stereocenters. The number of carbonyl (C=O) groups excluding carboxylic acids is 1. The van der Waals surface area contributed by atoms with E-state index in [0.29, 0.717) is 19.5 Å². The van der Waals surface area contributed by atoms with E-state index in [1.165, 1.54) is 11.9 Å². The van der Waals surface area contributed by atoms with Gasteiger partial charge in [0.2, 0.25) is 0 Å². The molecule has 1 aliphatic rings. The molecule has 4 nitrogen and oxygen atoms in total. The maximum absolute atomic E-state index is 13.6. The highest BCUT2D eigenvalue weighted by Gasteiger charge is 2.27. The van der Waals surface area contributed by atoms with Crippen LogP contribution < -0.4 is 5.32 Å². The van der Waals surface area contributed by atoms with Gasteiger partial charge >= 0.3 is 0 Å². The highest BCUT2D eigenvalue weighted by molar-refractivity contribution is 5.94. The molecular weight excluding hydrogens is 254 g/mol. The smallest absolute Gasteiger partial charge is 0.254 e. The summed E-state index contributed by atoms with van der Waals surface area (Å²) in [4.78, 5) is 13.6. The molecule has 0 spiro atoms. The standard InChI is InChI=1S/C13H16F2N2O2/c1-16-12-10(14)4-9(5-11(12)15)13(19)17-3-2-8(6-17)7-18/h4-5,8,16,18H,2-3,6-7H2,1H3. The van der Waals surface area contributed by atoms with E-state index in [2.05, 4.69) is 5.32 Å². The van der Waals surface area contributed by atoms with E-state index in [-0.39, 0.29) is 23.8 Å². The molecule has 1 heterocycles. The molecular formula is C13H16F2N2O2. The van der Waals surface area contributed by atoms with E-state index >= 15 is 0 Å². The first-order valence-corrected chi connectivity index (χ1v) is 6.13. The molecule has 19 heavy (non-hydrogen) atoms. The third kappa shape index (κ3) is 2.68. The summed E-state index contributed by atoms with van der Waals surface area (Å²) < 4.78 is 27.2. The number of carbonyl (C=O) groups is 1. The second kappa shape index (κ2) is 5.52. The van der Waals surface area contributed by atoms with Gasteiger partial charge in [0.1, 0.15) is 17.3 Å². The Hall–Kier alpha value is -1.69. The van der Waals surface area contributed by atoms with Crippen LogP contribution in [0, 0.1) is 17.6 Å². The molecule has 0 aromatic heterocycles. The lowest BCUT2D eigenvalue weighted by Gasteiger charge is -2.17. The van der Waals surface area contributed by atoms with E-state index in [9.17, 15) is 13.6 Å². The van der Waals surface area contributed by atoms with Crippen molar-refractivity contribution >= 4 is 11.6 Å². The number of anilines is 1. The van der Waals surface area contributed by atoms with Crippen molar-refractivity contribution < 1.29 is 18.7 Å². The van der Waals surface area contributed by atoms with Crippen molar-refractivity contribution in [2.45, 2.75) is 6.42 Å². The van der Waals surface area contributed by atoms with Crippen LogP contribution in [0.5, 0.6) is 0 Å². The summed E-state index contributed by atoms with van der Waals surface area (Å²) in [5.41, 5.74) is -0.251. The highest BCUT2D eigenvalue weighted by Crippen LogP contribution is 2.23. The first-order chi connectivity index (χ1) is 9.06. The normalized spacial score (nSPS) is 18.7. The molecule has 104 valence electrons. The van der Waals surface area contributed by atoms with Crippen molar-refractivity contribution in [3.05, 3.63) is 29.3 Å². The second-order valence-electron chi connectivity index (χ2n) is 4.65. The van der Waals surface area contributed by atoms with Crippen molar-refractivity contribution in [3.8, 4) is 0 Å². The SMILES string of the molecule is CNc1c(F)cc(C(=O)N2CCC(CO)C2)cc1F. The molecule has 1 aliphatic heterocycles. The topological polar surface area (TPSA) is 52.6 Å². The molecule has 0 radical (unpaired) electrons. The molecule has 1 saturated heterocycles. The molecule has 0 aliphatic carbocycles. The van der Waals surface area contributed by atoms with Gasteiger partial charge in [-0.05, 0) is 18.6 Å². The molecule has 1 fully saturated rings. The fourth-order valence-corrected chi connectivity index (χ4v) is 2.28. The number of nitrogens with zero attached hydrogens (tertiary/aromatic N) is 1. The van der Waals surface area contributed by atoms with Gasteiger partial charge in [0.05, 0.1) is 0 Å². The number of benzene rings is 1. The van der Waals surface area contributed by atoms with E-state index in [1.54, 1.807) is 0 Å². The number of hydrogen-bond donors (Lipinski definition) is 2. The Morgan fingerprint density at radius 1 is 1.47 bits per heavy atom. The average Bonchev–Trinajstić information content (AvgIpc) is 2.86. The third-order valence-corrected chi connectivity index (χ3v) is 3.37. The van der Waals surface area contributed by atoms with Crippen LogP contribution >= 0.6 is 0 Å². The maximum Gasteiger partial charge on any atom is 0.254 e. The lowest BCUT2D eigenvalue weighted by Crippen LogP contribution is -2.29. The Kier molecular flexibility index (Phi) is 3.99. The van der Waals surface area contributed by atoms with Crippen LogP contribution in [-0.4, -0.2) is 42.7 Å². The largest absolute Gasteiger partial charge is 0.396 e. The number of aliphatic hydroxyl groups is 1. The lowest BCUT2D eigenvalue weighted by molar-refractivity contribution is 0.0781. The van der Waals surface area contributed by atoms with Crippen LogP contribution in [0.15, 0.2) is 12.1 Å². The fourth-order valence-electron chi connectivity index (χ4n) is 2.28. The summed E-state index contributed by atoms with van der Waals surface area (Å²) in [7, 11) is 1.41. The number of aliphatic hydroxyl groups excluding tert-OH is 1. The van der Waals surface area contributed by atoms with Crippen LogP contribution in [0.4, 0.5) is 14.5 Å². The summed E-state index contributed by atoms with van der Waals surface area (Å²) in [6, 6.07) is 2.06. The van der Waals surface area contributed by atoms with Crippen LogP contribution in [0.3, 0.4) is 0 Å². The predicted molar refractivity (Wildman–Crippen MR) is 67.0 cm³/mol. The van der Waals surface area contributed by atoms with Crippen LogP contribution in [0.25, 0.3) is 0 Å². The summed E-state index contributed by atoms with van der Waals surface area (Å²) in [5, 5.41) is 11.4. The number of rotatable bonds is 3. The van der Waals surface area contributed by atoms with Crippen molar-refractivity contribution in [2.24, 2.45) is 5.92 Å². The van der Waals surface area contributed by atoms with Gasteiger partial charge in [0, 0.05) is 38.2 Å². The first kappa shape index (κ1) is 13.7. The van der Waals surface area contributed by atoms with E-state index in [4.69, 9.17) is 5.11 Å². The molecule has 1 unspecified atom stereocenters. The number of nitrogens with one attached hydrogen (secondary N) is 1. The number of likely N-dealkylation sites (tertiary alicyclic amines) is 1. The third-order valence-electron chi connectivity index (χ3n) is 3.37. The van der Waals surface area contributed by atoms with Gasteiger partial charge in [-0.25, -0.2) is 8.78 Å². The number of halogens is 2. The predicted octanol–water partition coefficient (Wildman–Crippen LogP) is 1.46. The summed E-state index contributed by atoms with van der Waals surface area (Å²) in [6.07, 6.45) is 0.710. The van der Waals surface area contributed by atoms with Gasteiger partial charge in [-0.15, -0.1) is 0 Å². The van der Waals surface area contributed by atoms with E-state index in [1.807, 2.05) is 0 Å². The molecule has 0 bridgehead atoms. The minimum atomic E-state index is -0.788. The van der Waals surface area contributed by atoms with Gasteiger partial charge in [-0.3, -0.25) is 4.79 Å². The Labute approximate surface area is 110 Å². The van der Waals surface area contributed by atoms with E-state index in [0.717, 1.165) is 12.1 Å². The molecule has 1 aromatic carbocycles. The Bertz CT molecular complexity index is 471. The Balaban J connectivity index is 2.21. The molecule has 1 aromatic rings. The van der Waals surface area contributed by atoms with Gasteiger partial charge < -0.3 is 15.3 Å². The van der Waals surface area contributed by atoms with E-state index < -0.39 is 17.5 Å². The zero-order chi connectivity index (χ0) is 14.0. The molecule has 2 N–H and O–H groups in total.